The molecule has 4 N–H and O–H groups in total. The zero-order chi connectivity index (χ0) is 12.1. The summed E-state index contributed by atoms with van der Waals surface area (Å²) in [5.74, 6) is -0.197. The second-order valence-corrected chi connectivity index (χ2v) is 3.69. The summed E-state index contributed by atoms with van der Waals surface area (Å²) in [7, 11) is 0. The molecule has 0 bridgehead atoms. The van der Waals surface area contributed by atoms with E-state index in [1.165, 1.54) is 12.3 Å². The summed E-state index contributed by atoms with van der Waals surface area (Å²) in [6.45, 7) is 4.02. The predicted octanol–water partition coefficient (Wildman–Crippen LogP) is 1.33. The zero-order valence-electron chi connectivity index (χ0n) is 9.56. The Morgan fingerprint density at radius 2 is 2.31 bits per heavy atom. The Morgan fingerprint density at radius 3 is 2.88 bits per heavy atom. The molecule has 88 valence electrons. The van der Waals surface area contributed by atoms with E-state index >= 15 is 0 Å². The maximum Gasteiger partial charge on any atom is 0.251 e. The largest absolute Gasteiger partial charge is 0.475 e. The second kappa shape index (κ2) is 5.34. The molecular weight excluding hydrogens is 206 g/mol. The van der Waals surface area contributed by atoms with Crippen LogP contribution in [-0.2, 0) is 0 Å². The molecule has 16 heavy (non-hydrogen) atoms. The lowest BCUT2D eigenvalue weighted by molar-refractivity contribution is 0.1000. The predicted molar refractivity (Wildman–Crippen MR) is 62.2 cm³/mol. The summed E-state index contributed by atoms with van der Waals surface area (Å²) >= 11 is 0. The highest BCUT2D eigenvalue weighted by Crippen LogP contribution is 2.17. The van der Waals surface area contributed by atoms with Crippen LogP contribution in [0.5, 0.6) is 5.88 Å². The van der Waals surface area contributed by atoms with E-state index < -0.39 is 5.91 Å². The molecule has 5 nitrogen and oxygen atoms in total. The van der Waals surface area contributed by atoms with Gasteiger partial charge >= 0.3 is 0 Å². The van der Waals surface area contributed by atoms with E-state index in [2.05, 4.69) is 11.9 Å². The van der Waals surface area contributed by atoms with Crippen LogP contribution in [-0.4, -0.2) is 17.0 Å². The normalized spacial score (nSPS) is 12.1. The van der Waals surface area contributed by atoms with Crippen LogP contribution in [0.1, 0.15) is 37.0 Å². The number of rotatable bonds is 5. The van der Waals surface area contributed by atoms with Gasteiger partial charge in [-0.15, -0.1) is 0 Å². The number of carbonyl (C=O) groups is 1. The fraction of sp³-hybridized carbons (Fsp3) is 0.455. The summed E-state index contributed by atoms with van der Waals surface area (Å²) in [5, 5.41) is 0. The topological polar surface area (TPSA) is 91.2 Å². The van der Waals surface area contributed by atoms with Crippen molar-refractivity contribution < 1.29 is 9.53 Å². The molecule has 1 aromatic heterocycles. The third-order valence-electron chi connectivity index (χ3n) is 2.19. The van der Waals surface area contributed by atoms with E-state index in [0.717, 1.165) is 12.8 Å². The maximum absolute atomic E-state index is 11.0. The number of nitrogens with two attached hydrogens (primary N) is 2. The molecule has 1 aromatic rings. The number of primary amides is 1. The van der Waals surface area contributed by atoms with Crippen molar-refractivity contribution in [1.82, 2.24) is 4.98 Å². The van der Waals surface area contributed by atoms with E-state index in [0.29, 0.717) is 5.88 Å². The number of hydrogen-bond donors (Lipinski definition) is 2. The molecule has 1 amide bonds. The molecule has 0 aliphatic carbocycles. The van der Waals surface area contributed by atoms with Crippen molar-refractivity contribution in [2.24, 2.45) is 5.73 Å². The lowest BCUT2D eigenvalue weighted by Crippen LogP contribution is -2.16. The third-order valence-corrected chi connectivity index (χ3v) is 2.19. The summed E-state index contributed by atoms with van der Waals surface area (Å²) < 4.78 is 5.53. The first kappa shape index (κ1) is 12.3. The van der Waals surface area contributed by atoms with Crippen molar-refractivity contribution in [3.63, 3.8) is 0 Å². The highest BCUT2D eigenvalue weighted by molar-refractivity contribution is 5.97. The standard InChI is InChI=1S/C11H17N3O2/c1-3-4-7(2)16-10-5-8(11(13)15)9(12)6-14-10/h5-7H,3-4,12H2,1-2H3,(H2,13,15). The van der Waals surface area contributed by atoms with Crippen LogP contribution in [0.4, 0.5) is 5.69 Å². The van der Waals surface area contributed by atoms with E-state index in [9.17, 15) is 4.79 Å². The monoisotopic (exact) mass is 223 g/mol. The van der Waals surface area contributed by atoms with Crippen molar-refractivity contribution >= 4 is 11.6 Å². The first-order chi connectivity index (χ1) is 7.54. The van der Waals surface area contributed by atoms with Crippen LogP contribution in [0.2, 0.25) is 0 Å². The maximum atomic E-state index is 11.0. The highest BCUT2D eigenvalue weighted by atomic mass is 16.5. The van der Waals surface area contributed by atoms with E-state index in [1.807, 2.05) is 6.92 Å². The molecule has 1 heterocycles. The smallest absolute Gasteiger partial charge is 0.251 e. The number of anilines is 1. The van der Waals surface area contributed by atoms with Crippen molar-refractivity contribution in [2.75, 3.05) is 5.73 Å². The number of nitrogens with zero attached hydrogens (tertiary/aromatic N) is 1. The first-order valence-corrected chi connectivity index (χ1v) is 5.26. The minimum Gasteiger partial charge on any atom is -0.475 e. The number of ether oxygens (including phenoxy) is 1. The number of nitrogen functional groups attached to an aromatic ring is 1. The van der Waals surface area contributed by atoms with Gasteiger partial charge in [-0.25, -0.2) is 4.98 Å². The number of carbonyl (C=O) groups excluding carboxylic acids is 1. The SMILES string of the molecule is CCCC(C)Oc1cc(C(N)=O)c(N)cn1. The van der Waals surface area contributed by atoms with Gasteiger partial charge in [0.05, 0.1) is 23.6 Å². The van der Waals surface area contributed by atoms with Gasteiger partial charge in [0.2, 0.25) is 5.88 Å². The first-order valence-electron chi connectivity index (χ1n) is 5.26. The summed E-state index contributed by atoms with van der Waals surface area (Å²) in [5.41, 5.74) is 11.2. The van der Waals surface area contributed by atoms with Crippen molar-refractivity contribution in [3.8, 4) is 5.88 Å². The van der Waals surface area contributed by atoms with Gasteiger partial charge < -0.3 is 16.2 Å². The number of amides is 1. The zero-order valence-corrected chi connectivity index (χ0v) is 9.56. The van der Waals surface area contributed by atoms with E-state index in [4.69, 9.17) is 16.2 Å². The Balaban J connectivity index is 2.82. The Morgan fingerprint density at radius 1 is 1.62 bits per heavy atom. The van der Waals surface area contributed by atoms with Gasteiger partial charge in [-0.2, -0.15) is 0 Å². The average molecular weight is 223 g/mol. The summed E-state index contributed by atoms with van der Waals surface area (Å²) in [6, 6.07) is 1.48. The molecule has 0 aromatic carbocycles. The summed E-state index contributed by atoms with van der Waals surface area (Å²) in [6.07, 6.45) is 3.40. The van der Waals surface area contributed by atoms with Crippen molar-refractivity contribution in [2.45, 2.75) is 32.8 Å². The molecular formula is C11H17N3O2. The number of aromatic nitrogens is 1. The Bertz CT molecular complexity index is 379. The molecule has 0 saturated carbocycles. The molecule has 0 saturated heterocycles. The Kier molecular flexibility index (Phi) is 4.10. The fourth-order valence-electron chi connectivity index (χ4n) is 1.40. The Labute approximate surface area is 94.8 Å². The number of pyridine rings is 1. The molecule has 0 fully saturated rings. The van der Waals surface area contributed by atoms with Gasteiger partial charge in [-0.1, -0.05) is 13.3 Å². The minimum atomic E-state index is -0.576. The van der Waals surface area contributed by atoms with Crippen LogP contribution in [0.25, 0.3) is 0 Å². The number of hydrogen-bond acceptors (Lipinski definition) is 4. The van der Waals surface area contributed by atoms with Crippen LogP contribution < -0.4 is 16.2 Å². The lowest BCUT2D eigenvalue weighted by atomic mass is 10.2. The molecule has 0 aliphatic heterocycles. The molecule has 1 rings (SSSR count). The lowest BCUT2D eigenvalue weighted by Gasteiger charge is -2.13. The van der Waals surface area contributed by atoms with Gasteiger partial charge in [0.25, 0.3) is 5.91 Å². The van der Waals surface area contributed by atoms with Crippen molar-refractivity contribution in [1.29, 1.82) is 0 Å². The fourth-order valence-corrected chi connectivity index (χ4v) is 1.40. The van der Waals surface area contributed by atoms with Gasteiger partial charge in [0.15, 0.2) is 0 Å². The molecule has 0 spiro atoms. The van der Waals surface area contributed by atoms with E-state index in [1.54, 1.807) is 0 Å². The molecule has 0 aliphatic rings. The summed E-state index contributed by atoms with van der Waals surface area (Å²) in [4.78, 5) is 15.0. The molecule has 1 unspecified atom stereocenters. The van der Waals surface area contributed by atoms with Gasteiger partial charge in [-0.3, -0.25) is 4.79 Å². The van der Waals surface area contributed by atoms with Gasteiger partial charge in [-0.05, 0) is 13.3 Å². The average Bonchev–Trinajstić information content (AvgIpc) is 2.21. The van der Waals surface area contributed by atoms with Gasteiger partial charge in [0, 0.05) is 6.07 Å². The molecule has 0 radical (unpaired) electrons. The molecule has 1 atom stereocenters. The van der Waals surface area contributed by atoms with E-state index in [-0.39, 0.29) is 17.4 Å². The molecule has 5 heteroatoms. The van der Waals surface area contributed by atoms with Crippen LogP contribution in [0.15, 0.2) is 12.3 Å². The van der Waals surface area contributed by atoms with Crippen LogP contribution >= 0.6 is 0 Å². The highest BCUT2D eigenvalue weighted by Gasteiger charge is 2.10. The quantitative estimate of drug-likeness (QED) is 0.787. The van der Waals surface area contributed by atoms with Crippen molar-refractivity contribution in [3.05, 3.63) is 17.8 Å². The second-order valence-electron chi connectivity index (χ2n) is 3.69. The minimum absolute atomic E-state index is 0.0573. The van der Waals surface area contributed by atoms with Gasteiger partial charge in [0.1, 0.15) is 0 Å². The Hall–Kier alpha value is -1.78. The van der Waals surface area contributed by atoms with Crippen LogP contribution in [0, 0.1) is 0 Å². The van der Waals surface area contributed by atoms with Crippen LogP contribution in [0.3, 0.4) is 0 Å². The third kappa shape index (κ3) is 3.12.